The summed E-state index contributed by atoms with van der Waals surface area (Å²) in [5, 5.41) is 8.68. The molecule has 0 saturated carbocycles. The number of hydrogen-bond acceptors (Lipinski definition) is 5. The predicted octanol–water partition coefficient (Wildman–Crippen LogP) is 5.25. The second kappa shape index (κ2) is 11.5. The standard InChI is InChI=1S/C27H19Cl2N3O4/c28-22-11-5-3-9-19(22)26(34)30-16-25(33)32-31-15-21-18-8-2-1-7-17(18)13-14-24(21)36-27(35)20-10-4-6-12-23(20)29/h1-15H,16H2,(H,30,34)(H,32,33)/b31-15-. The van der Waals surface area contributed by atoms with Gasteiger partial charge in [-0.1, -0.05) is 77.8 Å². The first-order valence-corrected chi connectivity index (χ1v) is 11.5. The number of benzene rings is 4. The van der Waals surface area contributed by atoms with E-state index in [1.165, 1.54) is 6.21 Å². The van der Waals surface area contributed by atoms with Crippen LogP contribution >= 0.6 is 23.2 Å². The van der Waals surface area contributed by atoms with Gasteiger partial charge in [-0.2, -0.15) is 5.10 Å². The largest absolute Gasteiger partial charge is 0.422 e. The third-order valence-corrected chi connectivity index (χ3v) is 5.80. The molecule has 0 aliphatic rings. The van der Waals surface area contributed by atoms with Gasteiger partial charge in [0.2, 0.25) is 0 Å². The summed E-state index contributed by atoms with van der Waals surface area (Å²) in [5.74, 6) is -1.43. The zero-order valence-electron chi connectivity index (χ0n) is 18.7. The molecule has 4 aromatic carbocycles. The minimum absolute atomic E-state index is 0.220. The van der Waals surface area contributed by atoms with Crippen LogP contribution in [0, 0.1) is 0 Å². The van der Waals surface area contributed by atoms with Crippen molar-refractivity contribution in [2.45, 2.75) is 0 Å². The van der Waals surface area contributed by atoms with Gasteiger partial charge >= 0.3 is 5.97 Å². The molecule has 0 aliphatic carbocycles. The molecule has 7 nitrogen and oxygen atoms in total. The van der Waals surface area contributed by atoms with Crippen molar-refractivity contribution in [2.75, 3.05) is 6.54 Å². The molecule has 0 aromatic heterocycles. The zero-order valence-corrected chi connectivity index (χ0v) is 20.2. The summed E-state index contributed by atoms with van der Waals surface area (Å²) in [4.78, 5) is 37.2. The van der Waals surface area contributed by atoms with E-state index in [1.54, 1.807) is 54.6 Å². The van der Waals surface area contributed by atoms with Crippen LogP contribution in [-0.2, 0) is 4.79 Å². The highest BCUT2D eigenvalue weighted by Gasteiger charge is 2.16. The fourth-order valence-corrected chi connectivity index (χ4v) is 3.82. The molecule has 0 saturated heterocycles. The Hall–Kier alpha value is -4.20. The smallest absolute Gasteiger partial charge is 0.345 e. The molecule has 4 aromatic rings. The number of fused-ring (bicyclic) bond motifs is 1. The van der Waals surface area contributed by atoms with Gasteiger partial charge in [0, 0.05) is 5.56 Å². The van der Waals surface area contributed by atoms with E-state index in [0.29, 0.717) is 5.56 Å². The van der Waals surface area contributed by atoms with Gasteiger partial charge in [0.1, 0.15) is 5.75 Å². The normalized spacial score (nSPS) is 10.8. The molecule has 36 heavy (non-hydrogen) atoms. The van der Waals surface area contributed by atoms with Gasteiger partial charge in [-0.25, -0.2) is 10.2 Å². The highest BCUT2D eigenvalue weighted by atomic mass is 35.5. The van der Waals surface area contributed by atoms with E-state index in [4.69, 9.17) is 27.9 Å². The van der Waals surface area contributed by atoms with Gasteiger partial charge in [-0.05, 0) is 41.1 Å². The first kappa shape index (κ1) is 24.9. The van der Waals surface area contributed by atoms with E-state index < -0.39 is 17.8 Å². The van der Waals surface area contributed by atoms with Crippen molar-refractivity contribution in [3.05, 3.63) is 112 Å². The molecule has 0 spiro atoms. The molecule has 0 unspecified atom stereocenters. The van der Waals surface area contributed by atoms with Gasteiger partial charge in [0.05, 0.1) is 33.9 Å². The summed E-state index contributed by atoms with van der Waals surface area (Å²) in [6.45, 7) is -0.314. The average molecular weight is 520 g/mol. The maximum atomic E-state index is 12.7. The number of hydrogen-bond donors (Lipinski definition) is 2. The van der Waals surface area contributed by atoms with E-state index >= 15 is 0 Å². The maximum Gasteiger partial charge on any atom is 0.345 e. The van der Waals surface area contributed by atoms with Gasteiger partial charge in [0.25, 0.3) is 11.8 Å². The lowest BCUT2D eigenvalue weighted by atomic mass is 10.0. The van der Waals surface area contributed by atoms with E-state index in [2.05, 4.69) is 15.8 Å². The van der Waals surface area contributed by atoms with Gasteiger partial charge in [-0.15, -0.1) is 0 Å². The summed E-state index contributed by atoms with van der Waals surface area (Å²) >= 11 is 12.1. The Labute approximate surface area is 216 Å². The van der Waals surface area contributed by atoms with E-state index in [-0.39, 0.29) is 33.5 Å². The zero-order chi connectivity index (χ0) is 25.5. The lowest BCUT2D eigenvalue weighted by molar-refractivity contribution is -0.120. The molecule has 9 heteroatoms. The Balaban J connectivity index is 1.49. The second-order valence-corrected chi connectivity index (χ2v) is 8.34. The molecule has 0 atom stereocenters. The number of nitrogens with zero attached hydrogens (tertiary/aromatic N) is 1. The van der Waals surface area contributed by atoms with Crippen molar-refractivity contribution in [2.24, 2.45) is 5.10 Å². The molecule has 0 radical (unpaired) electrons. The van der Waals surface area contributed by atoms with Crippen molar-refractivity contribution in [1.82, 2.24) is 10.7 Å². The topological polar surface area (TPSA) is 96.9 Å². The second-order valence-electron chi connectivity index (χ2n) is 7.52. The first-order chi connectivity index (χ1) is 17.4. The molecule has 0 aliphatic heterocycles. The van der Waals surface area contributed by atoms with E-state index in [0.717, 1.165) is 10.8 Å². The Morgan fingerprint density at radius 3 is 2.17 bits per heavy atom. The van der Waals surface area contributed by atoms with Crippen LogP contribution in [0.1, 0.15) is 26.3 Å². The Morgan fingerprint density at radius 2 is 1.44 bits per heavy atom. The van der Waals surface area contributed by atoms with Gasteiger partial charge in [0.15, 0.2) is 0 Å². The van der Waals surface area contributed by atoms with Crippen molar-refractivity contribution in [3.8, 4) is 5.75 Å². The number of halogens is 2. The van der Waals surface area contributed by atoms with Crippen LogP contribution in [0.25, 0.3) is 10.8 Å². The van der Waals surface area contributed by atoms with Gasteiger partial charge < -0.3 is 10.1 Å². The summed E-state index contributed by atoms with van der Waals surface area (Å²) in [6, 6.07) is 24.0. The Bertz CT molecular complexity index is 1490. The van der Waals surface area contributed by atoms with Crippen LogP contribution in [0.5, 0.6) is 5.75 Å². The first-order valence-electron chi connectivity index (χ1n) is 10.8. The van der Waals surface area contributed by atoms with E-state index in [1.807, 2.05) is 30.3 Å². The number of esters is 1. The van der Waals surface area contributed by atoms with Crippen molar-refractivity contribution >= 4 is 58.0 Å². The number of rotatable bonds is 7. The minimum atomic E-state index is -0.628. The summed E-state index contributed by atoms with van der Waals surface area (Å²) in [6.07, 6.45) is 1.38. The van der Waals surface area contributed by atoms with Crippen LogP contribution in [0.3, 0.4) is 0 Å². The highest BCUT2D eigenvalue weighted by molar-refractivity contribution is 6.34. The molecular formula is C27H19Cl2N3O4. The quantitative estimate of drug-likeness (QED) is 0.151. The number of hydrazone groups is 1. The highest BCUT2D eigenvalue weighted by Crippen LogP contribution is 2.28. The van der Waals surface area contributed by atoms with Crippen LogP contribution in [0.15, 0.2) is 90.0 Å². The van der Waals surface area contributed by atoms with Crippen LogP contribution in [-0.4, -0.2) is 30.5 Å². The van der Waals surface area contributed by atoms with Crippen LogP contribution < -0.4 is 15.5 Å². The number of amides is 2. The Kier molecular flexibility index (Phi) is 7.95. The molecule has 2 amide bonds. The molecule has 2 N–H and O–H groups in total. The number of carbonyl (C=O) groups excluding carboxylic acids is 3. The average Bonchev–Trinajstić information content (AvgIpc) is 2.88. The van der Waals surface area contributed by atoms with Crippen molar-refractivity contribution in [1.29, 1.82) is 0 Å². The summed E-state index contributed by atoms with van der Waals surface area (Å²) < 4.78 is 5.62. The molecular weight excluding hydrogens is 501 g/mol. The maximum absolute atomic E-state index is 12.7. The fourth-order valence-electron chi connectivity index (χ4n) is 3.39. The number of nitrogens with one attached hydrogen (secondary N) is 2. The van der Waals surface area contributed by atoms with Crippen molar-refractivity contribution < 1.29 is 19.1 Å². The SMILES string of the molecule is O=C(CNC(=O)c1ccccc1Cl)N/N=C\c1c(OC(=O)c2ccccc2Cl)ccc2ccccc12. The summed E-state index contributed by atoms with van der Waals surface area (Å²) in [5.41, 5.74) is 3.32. The predicted molar refractivity (Wildman–Crippen MR) is 140 cm³/mol. The number of ether oxygens (including phenoxy) is 1. The monoisotopic (exact) mass is 519 g/mol. The van der Waals surface area contributed by atoms with Crippen LogP contribution in [0.4, 0.5) is 0 Å². The Morgan fingerprint density at radius 1 is 0.806 bits per heavy atom. The third kappa shape index (κ3) is 5.89. The molecule has 0 bridgehead atoms. The lowest BCUT2D eigenvalue weighted by Crippen LogP contribution is -2.35. The van der Waals surface area contributed by atoms with Crippen molar-refractivity contribution in [3.63, 3.8) is 0 Å². The summed E-state index contributed by atoms with van der Waals surface area (Å²) in [7, 11) is 0. The molecule has 180 valence electrons. The fraction of sp³-hybridized carbons (Fsp3) is 0.0370. The molecule has 0 heterocycles. The van der Waals surface area contributed by atoms with Crippen LogP contribution in [0.2, 0.25) is 10.0 Å². The third-order valence-electron chi connectivity index (χ3n) is 5.14. The van der Waals surface area contributed by atoms with E-state index in [9.17, 15) is 14.4 Å². The minimum Gasteiger partial charge on any atom is -0.422 e. The molecule has 4 rings (SSSR count). The lowest BCUT2D eigenvalue weighted by Gasteiger charge is -2.11. The van der Waals surface area contributed by atoms with Gasteiger partial charge in [-0.3, -0.25) is 9.59 Å². The number of carbonyl (C=O) groups is 3. The molecule has 0 fully saturated rings.